The SMILES string of the molecule is C=CC(=O)Nc1cc(Nc2cc(N3OCC[C@@H]3c3cccc(Cl)c3)ncn2)c(OC)cc1N1CCC(N2CCOCC2)CC1. The molecule has 0 bridgehead atoms. The Morgan fingerprint density at radius 3 is 2.61 bits per heavy atom. The first-order valence-corrected chi connectivity index (χ1v) is 15.4. The third-order valence-electron chi connectivity index (χ3n) is 8.41. The van der Waals surface area contributed by atoms with Crippen molar-refractivity contribution in [2.75, 3.05) is 73.7 Å². The highest BCUT2D eigenvalue weighted by molar-refractivity contribution is 6.30. The molecule has 1 amide bonds. The Labute approximate surface area is 262 Å². The summed E-state index contributed by atoms with van der Waals surface area (Å²) in [5, 5.41) is 8.85. The van der Waals surface area contributed by atoms with Crippen molar-refractivity contribution in [3.05, 3.63) is 72.0 Å². The van der Waals surface area contributed by atoms with E-state index in [1.54, 1.807) is 12.2 Å². The summed E-state index contributed by atoms with van der Waals surface area (Å²) in [6, 6.07) is 14.0. The molecule has 11 nitrogen and oxygen atoms in total. The van der Waals surface area contributed by atoms with E-state index < -0.39 is 0 Å². The number of morpholine rings is 1. The number of nitrogens with one attached hydrogen (secondary N) is 2. The number of hydrogen-bond acceptors (Lipinski definition) is 10. The number of carbonyl (C=O) groups is 1. The molecule has 3 saturated heterocycles. The molecule has 0 saturated carbocycles. The minimum Gasteiger partial charge on any atom is -0.494 e. The highest BCUT2D eigenvalue weighted by Gasteiger charge is 2.30. The Balaban J connectivity index is 1.24. The average molecular weight is 620 g/mol. The minimum absolute atomic E-state index is 0.0293. The van der Waals surface area contributed by atoms with Gasteiger partial charge in [-0.25, -0.2) is 15.0 Å². The van der Waals surface area contributed by atoms with Crippen LogP contribution in [0.3, 0.4) is 0 Å². The molecule has 0 aliphatic carbocycles. The number of halogens is 1. The number of methoxy groups -OCH3 is 1. The number of benzene rings is 2. The van der Waals surface area contributed by atoms with Gasteiger partial charge in [-0.2, -0.15) is 0 Å². The van der Waals surface area contributed by atoms with Gasteiger partial charge in [0.25, 0.3) is 0 Å². The topological polar surface area (TPSA) is 104 Å². The van der Waals surface area contributed by atoms with Crippen molar-refractivity contribution in [2.24, 2.45) is 0 Å². The summed E-state index contributed by atoms with van der Waals surface area (Å²) in [6.07, 6.45) is 5.65. The number of piperidine rings is 1. The molecule has 3 fully saturated rings. The third kappa shape index (κ3) is 6.76. The van der Waals surface area contributed by atoms with Crippen LogP contribution in [0.2, 0.25) is 5.02 Å². The third-order valence-corrected chi connectivity index (χ3v) is 8.64. The second-order valence-electron chi connectivity index (χ2n) is 11.0. The molecule has 44 heavy (non-hydrogen) atoms. The fourth-order valence-electron chi connectivity index (χ4n) is 6.18. The number of ether oxygens (including phenoxy) is 2. The molecule has 3 aliphatic heterocycles. The normalized spacial score (nSPS) is 19.5. The van der Waals surface area contributed by atoms with Gasteiger partial charge >= 0.3 is 0 Å². The van der Waals surface area contributed by atoms with Crippen LogP contribution in [0.5, 0.6) is 5.75 Å². The molecule has 1 aromatic heterocycles. The van der Waals surface area contributed by atoms with E-state index >= 15 is 0 Å². The van der Waals surface area contributed by atoms with Crippen LogP contribution in [0.1, 0.15) is 30.9 Å². The maximum Gasteiger partial charge on any atom is 0.247 e. The van der Waals surface area contributed by atoms with Crippen molar-refractivity contribution in [1.82, 2.24) is 14.9 Å². The van der Waals surface area contributed by atoms with Crippen LogP contribution in [0.4, 0.5) is 28.7 Å². The predicted octanol–water partition coefficient (Wildman–Crippen LogP) is 5.19. The molecule has 6 rings (SSSR count). The zero-order valence-corrected chi connectivity index (χ0v) is 25.6. The van der Waals surface area contributed by atoms with Gasteiger partial charge in [-0.15, -0.1) is 0 Å². The molecule has 0 radical (unpaired) electrons. The lowest BCUT2D eigenvalue weighted by Crippen LogP contribution is -2.49. The molecule has 0 unspecified atom stereocenters. The van der Waals surface area contributed by atoms with Crippen LogP contribution in [0, 0.1) is 0 Å². The Bertz CT molecular complexity index is 1480. The fourth-order valence-corrected chi connectivity index (χ4v) is 6.38. The van der Waals surface area contributed by atoms with Crippen molar-refractivity contribution >= 4 is 46.2 Å². The summed E-state index contributed by atoms with van der Waals surface area (Å²) in [7, 11) is 1.63. The number of carbonyl (C=O) groups excluding carboxylic acids is 1. The van der Waals surface area contributed by atoms with E-state index in [1.807, 2.05) is 42.5 Å². The summed E-state index contributed by atoms with van der Waals surface area (Å²) in [6.45, 7) is 9.50. The Morgan fingerprint density at radius 1 is 1.05 bits per heavy atom. The van der Waals surface area contributed by atoms with Crippen molar-refractivity contribution in [2.45, 2.75) is 31.3 Å². The van der Waals surface area contributed by atoms with E-state index in [0.29, 0.717) is 46.4 Å². The van der Waals surface area contributed by atoms with Crippen molar-refractivity contribution < 1.29 is 19.1 Å². The molecule has 2 aromatic carbocycles. The van der Waals surface area contributed by atoms with Crippen LogP contribution in [0.15, 0.2) is 61.4 Å². The lowest BCUT2D eigenvalue weighted by Gasteiger charge is -2.41. The molecule has 12 heteroatoms. The zero-order valence-electron chi connectivity index (χ0n) is 24.9. The monoisotopic (exact) mass is 619 g/mol. The number of amides is 1. The molecule has 2 N–H and O–H groups in total. The highest BCUT2D eigenvalue weighted by atomic mass is 35.5. The van der Waals surface area contributed by atoms with Crippen molar-refractivity contribution in [3.8, 4) is 5.75 Å². The number of nitrogens with zero attached hydrogens (tertiary/aromatic N) is 5. The van der Waals surface area contributed by atoms with Crippen molar-refractivity contribution in [3.63, 3.8) is 0 Å². The van der Waals surface area contributed by atoms with Gasteiger partial charge < -0.3 is 25.0 Å². The van der Waals surface area contributed by atoms with Gasteiger partial charge in [0.15, 0.2) is 5.82 Å². The zero-order chi connectivity index (χ0) is 30.5. The molecule has 232 valence electrons. The van der Waals surface area contributed by atoms with E-state index in [-0.39, 0.29) is 11.9 Å². The molecule has 3 aliphatic rings. The molecule has 3 aromatic rings. The number of hydrogen-bond donors (Lipinski definition) is 2. The van der Waals surface area contributed by atoms with Gasteiger partial charge in [0.1, 0.15) is 17.9 Å². The van der Waals surface area contributed by atoms with Gasteiger partial charge in [0.2, 0.25) is 5.91 Å². The maximum absolute atomic E-state index is 12.5. The van der Waals surface area contributed by atoms with Gasteiger partial charge in [0.05, 0.1) is 50.0 Å². The first kappa shape index (κ1) is 30.1. The van der Waals surface area contributed by atoms with Crippen LogP contribution >= 0.6 is 11.6 Å². The highest BCUT2D eigenvalue weighted by Crippen LogP contribution is 2.40. The van der Waals surface area contributed by atoms with E-state index in [1.165, 1.54) is 12.4 Å². The number of rotatable bonds is 9. The maximum atomic E-state index is 12.5. The van der Waals surface area contributed by atoms with Crippen LogP contribution in [-0.2, 0) is 14.4 Å². The van der Waals surface area contributed by atoms with Gasteiger partial charge in [-0.05, 0) is 42.7 Å². The molecule has 0 spiro atoms. The van der Waals surface area contributed by atoms with Crippen LogP contribution in [0.25, 0.3) is 0 Å². The average Bonchev–Trinajstić information content (AvgIpc) is 3.56. The Hall–Kier alpha value is -3.90. The van der Waals surface area contributed by atoms with E-state index in [2.05, 4.69) is 37.0 Å². The lowest BCUT2D eigenvalue weighted by atomic mass is 10.0. The van der Waals surface area contributed by atoms with Crippen LogP contribution in [-0.4, -0.2) is 79.9 Å². The molecular formula is C32H38ClN7O4. The molecular weight excluding hydrogens is 582 g/mol. The van der Waals surface area contributed by atoms with Gasteiger partial charge in [0, 0.05) is 55.8 Å². The minimum atomic E-state index is -0.284. The fraction of sp³-hybridized carbons (Fsp3) is 0.406. The summed E-state index contributed by atoms with van der Waals surface area (Å²) < 4.78 is 11.4. The standard InChI is InChI=1S/C32H38ClN7O4/c1-3-32(41)37-25-18-26(29(42-2)19-28(25)39-10-7-24(8-11-39)38-12-15-43-16-13-38)36-30-20-31(35-21-34-30)40-27(9-14-44-40)22-5-4-6-23(33)17-22/h3-6,17-21,24,27H,1,7-16H2,2H3,(H,37,41)(H,34,35,36)/t27-/m1/s1. The Morgan fingerprint density at radius 2 is 1.86 bits per heavy atom. The summed E-state index contributed by atoms with van der Waals surface area (Å²) in [5.74, 6) is 1.51. The second kappa shape index (κ2) is 13.8. The number of aromatic nitrogens is 2. The molecule has 4 heterocycles. The Kier molecular flexibility index (Phi) is 9.46. The number of hydroxylamine groups is 1. The van der Waals surface area contributed by atoms with Gasteiger partial charge in [-0.3, -0.25) is 14.5 Å². The van der Waals surface area contributed by atoms with Crippen LogP contribution < -0.4 is 25.3 Å². The summed E-state index contributed by atoms with van der Waals surface area (Å²) in [4.78, 5) is 32.3. The number of anilines is 5. The summed E-state index contributed by atoms with van der Waals surface area (Å²) >= 11 is 6.27. The quantitative estimate of drug-likeness (QED) is 0.311. The predicted molar refractivity (Wildman–Crippen MR) is 172 cm³/mol. The smallest absolute Gasteiger partial charge is 0.247 e. The lowest BCUT2D eigenvalue weighted by molar-refractivity contribution is -0.111. The summed E-state index contributed by atoms with van der Waals surface area (Å²) in [5.41, 5.74) is 3.27. The first-order chi connectivity index (χ1) is 21.5. The van der Waals surface area contributed by atoms with Gasteiger partial charge in [-0.1, -0.05) is 30.3 Å². The second-order valence-corrected chi connectivity index (χ2v) is 11.5. The van der Waals surface area contributed by atoms with Crippen molar-refractivity contribution in [1.29, 1.82) is 0 Å². The largest absolute Gasteiger partial charge is 0.494 e. The van der Waals surface area contributed by atoms with E-state index in [9.17, 15) is 4.79 Å². The first-order valence-electron chi connectivity index (χ1n) is 15.0. The van der Waals surface area contributed by atoms with E-state index in [0.717, 1.165) is 69.9 Å². The van der Waals surface area contributed by atoms with E-state index in [4.69, 9.17) is 25.9 Å². The molecule has 1 atom stereocenters.